The second-order valence-corrected chi connectivity index (χ2v) is 4.26. The minimum atomic E-state index is -0.261. The Morgan fingerprint density at radius 1 is 1.18 bits per heavy atom. The van der Waals surface area contributed by atoms with Gasteiger partial charge in [0.25, 0.3) is 0 Å². The zero-order chi connectivity index (χ0) is 13.1. The van der Waals surface area contributed by atoms with Crippen LogP contribution in [0.15, 0.2) is 35.5 Å². The van der Waals surface area contributed by atoms with E-state index in [4.69, 9.17) is 4.74 Å². The third-order valence-electron chi connectivity index (χ3n) is 2.23. The third-order valence-corrected chi connectivity index (χ3v) is 2.23. The number of rotatable bonds is 7. The molecule has 0 aromatic heterocycles. The third kappa shape index (κ3) is 11.0. The lowest BCUT2D eigenvalue weighted by Gasteiger charge is -1.97. The number of hydrogen-bond acceptors (Lipinski definition) is 2. The van der Waals surface area contributed by atoms with Gasteiger partial charge in [-0.3, -0.25) is 0 Å². The van der Waals surface area contributed by atoms with Crippen molar-refractivity contribution < 1.29 is 9.53 Å². The minimum Gasteiger partial charge on any atom is -0.463 e. The van der Waals surface area contributed by atoms with Gasteiger partial charge in [-0.2, -0.15) is 0 Å². The van der Waals surface area contributed by atoms with Crippen LogP contribution in [0.4, 0.5) is 0 Å². The molecule has 0 aromatic carbocycles. The molecule has 0 rings (SSSR count). The van der Waals surface area contributed by atoms with E-state index >= 15 is 0 Å². The van der Waals surface area contributed by atoms with Crippen LogP contribution in [0.5, 0.6) is 0 Å². The van der Waals surface area contributed by atoms with Gasteiger partial charge in [-0.05, 0) is 47.0 Å². The van der Waals surface area contributed by atoms with E-state index in [-0.39, 0.29) is 5.97 Å². The molecule has 0 saturated heterocycles. The van der Waals surface area contributed by atoms with Gasteiger partial charge in [0, 0.05) is 6.08 Å². The summed E-state index contributed by atoms with van der Waals surface area (Å²) in [7, 11) is 0. The van der Waals surface area contributed by atoms with Crippen molar-refractivity contribution in [3.63, 3.8) is 0 Å². The van der Waals surface area contributed by atoms with Gasteiger partial charge in [-0.15, -0.1) is 0 Å². The summed E-state index contributed by atoms with van der Waals surface area (Å²) in [6.45, 7) is 8.58. The molecule has 0 saturated carbocycles. The topological polar surface area (TPSA) is 26.3 Å². The highest BCUT2D eigenvalue weighted by Gasteiger charge is 1.92. The zero-order valence-electron chi connectivity index (χ0n) is 11.5. The van der Waals surface area contributed by atoms with Crippen LogP contribution in [0.2, 0.25) is 0 Å². The summed E-state index contributed by atoms with van der Waals surface area (Å²) in [4.78, 5) is 11.0. The molecule has 0 aliphatic heterocycles. The van der Waals surface area contributed by atoms with E-state index in [0.717, 1.165) is 19.3 Å². The van der Waals surface area contributed by atoms with Gasteiger partial charge in [0.2, 0.25) is 0 Å². The SMILES string of the molecule is CCOC(=O)/C=C/C/C=C(/C)CCC=C(C)C. The van der Waals surface area contributed by atoms with Gasteiger partial charge in [-0.1, -0.05) is 29.4 Å². The van der Waals surface area contributed by atoms with Gasteiger partial charge in [0.1, 0.15) is 0 Å². The van der Waals surface area contributed by atoms with Crippen LogP contribution in [-0.4, -0.2) is 12.6 Å². The Morgan fingerprint density at radius 2 is 1.88 bits per heavy atom. The Balaban J connectivity index is 3.83. The van der Waals surface area contributed by atoms with Crippen LogP contribution >= 0.6 is 0 Å². The van der Waals surface area contributed by atoms with Crippen LogP contribution in [0.1, 0.15) is 47.0 Å². The maximum Gasteiger partial charge on any atom is 0.330 e. The predicted molar refractivity (Wildman–Crippen MR) is 72.8 cm³/mol. The van der Waals surface area contributed by atoms with Crippen LogP contribution < -0.4 is 0 Å². The van der Waals surface area contributed by atoms with E-state index in [1.54, 1.807) is 6.92 Å². The van der Waals surface area contributed by atoms with E-state index < -0.39 is 0 Å². The van der Waals surface area contributed by atoms with E-state index in [2.05, 4.69) is 32.9 Å². The molecule has 0 aliphatic carbocycles. The van der Waals surface area contributed by atoms with E-state index in [0.29, 0.717) is 6.61 Å². The van der Waals surface area contributed by atoms with E-state index in [1.807, 2.05) is 6.08 Å². The number of ether oxygens (including phenoxy) is 1. The van der Waals surface area contributed by atoms with Crippen molar-refractivity contribution in [2.75, 3.05) is 6.61 Å². The smallest absolute Gasteiger partial charge is 0.330 e. The number of carbonyl (C=O) groups excluding carboxylic acids is 1. The standard InChI is InChI=1S/C15H24O2/c1-5-17-15(16)12-7-6-10-14(4)11-8-9-13(2)3/h7,9-10,12H,5-6,8,11H2,1-4H3/b12-7+,14-10-. The highest BCUT2D eigenvalue weighted by Crippen LogP contribution is 2.07. The lowest BCUT2D eigenvalue weighted by Crippen LogP contribution is -1.98. The molecule has 0 fully saturated rings. The van der Waals surface area contributed by atoms with Crippen molar-refractivity contribution in [2.24, 2.45) is 0 Å². The maximum absolute atomic E-state index is 11.0. The Hall–Kier alpha value is -1.31. The molecule has 96 valence electrons. The highest BCUT2D eigenvalue weighted by atomic mass is 16.5. The minimum absolute atomic E-state index is 0.261. The molecule has 0 amide bonds. The van der Waals surface area contributed by atoms with Gasteiger partial charge < -0.3 is 4.74 Å². The molecule has 0 bridgehead atoms. The first-order valence-electron chi connectivity index (χ1n) is 6.18. The van der Waals surface area contributed by atoms with Crippen molar-refractivity contribution in [3.05, 3.63) is 35.5 Å². The quantitative estimate of drug-likeness (QED) is 0.376. The largest absolute Gasteiger partial charge is 0.463 e. The number of allylic oxidation sites excluding steroid dienone is 5. The van der Waals surface area contributed by atoms with Gasteiger partial charge >= 0.3 is 5.97 Å². The first kappa shape index (κ1) is 15.7. The summed E-state index contributed by atoms with van der Waals surface area (Å²) < 4.78 is 4.79. The molecule has 0 N–H and O–H groups in total. The summed E-state index contributed by atoms with van der Waals surface area (Å²) in [5, 5.41) is 0. The van der Waals surface area contributed by atoms with Crippen LogP contribution in [0.25, 0.3) is 0 Å². The van der Waals surface area contributed by atoms with E-state index in [1.165, 1.54) is 17.2 Å². The lowest BCUT2D eigenvalue weighted by atomic mass is 10.1. The summed E-state index contributed by atoms with van der Waals surface area (Å²) in [5.74, 6) is -0.261. The van der Waals surface area contributed by atoms with Crippen molar-refractivity contribution >= 4 is 5.97 Å². The highest BCUT2D eigenvalue weighted by molar-refractivity contribution is 5.81. The zero-order valence-corrected chi connectivity index (χ0v) is 11.5. The Labute approximate surface area is 105 Å². The Morgan fingerprint density at radius 3 is 2.47 bits per heavy atom. The molecular formula is C15H24O2. The van der Waals surface area contributed by atoms with Crippen molar-refractivity contribution in [1.82, 2.24) is 0 Å². The van der Waals surface area contributed by atoms with Crippen LogP contribution in [0, 0.1) is 0 Å². The molecule has 0 aromatic rings. The molecule has 0 radical (unpaired) electrons. The second kappa shape index (κ2) is 9.88. The second-order valence-electron chi connectivity index (χ2n) is 4.26. The molecule has 17 heavy (non-hydrogen) atoms. The molecule has 0 unspecified atom stereocenters. The molecule has 0 aliphatic rings. The maximum atomic E-state index is 11.0. The van der Waals surface area contributed by atoms with Crippen molar-refractivity contribution in [1.29, 1.82) is 0 Å². The average molecular weight is 236 g/mol. The Kier molecular flexibility index (Phi) is 9.12. The number of esters is 1. The molecule has 0 atom stereocenters. The average Bonchev–Trinajstić information content (AvgIpc) is 2.24. The fourth-order valence-corrected chi connectivity index (χ4v) is 1.31. The molecule has 0 spiro atoms. The molecular weight excluding hydrogens is 212 g/mol. The summed E-state index contributed by atoms with van der Waals surface area (Å²) in [5.41, 5.74) is 2.72. The summed E-state index contributed by atoms with van der Waals surface area (Å²) in [6.07, 6.45) is 10.7. The molecule has 0 heterocycles. The van der Waals surface area contributed by atoms with Gasteiger partial charge in [0.15, 0.2) is 0 Å². The fourth-order valence-electron chi connectivity index (χ4n) is 1.31. The number of carbonyl (C=O) groups is 1. The Bertz CT molecular complexity index is 305. The molecule has 2 heteroatoms. The fraction of sp³-hybridized carbons (Fsp3) is 0.533. The predicted octanol–water partition coefficient (Wildman–Crippen LogP) is 4.19. The monoisotopic (exact) mass is 236 g/mol. The summed E-state index contributed by atoms with van der Waals surface area (Å²) in [6, 6.07) is 0. The first-order chi connectivity index (χ1) is 8.06. The normalized spacial score (nSPS) is 11.6. The molecule has 2 nitrogen and oxygen atoms in total. The first-order valence-corrected chi connectivity index (χ1v) is 6.18. The van der Waals surface area contributed by atoms with Crippen LogP contribution in [-0.2, 0) is 9.53 Å². The van der Waals surface area contributed by atoms with Gasteiger partial charge in [-0.25, -0.2) is 4.79 Å². The number of hydrogen-bond donors (Lipinski definition) is 0. The van der Waals surface area contributed by atoms with Gasteiger partial charge in [0.05, 0.1) is 6.61 Å². The van der Waals surface area contributed by atoms with Crippen molar-refractivity contribution in [2.45, 2.75) is 47.0 Å². The van der Waals surface area contributed by atoms with Crippen LogP contribution in [0.3, 0.4) is 0 Å². The van der Waals surface area contributed by atoms with Crippen molar-refractivity contribution in [3.8, 4) is 0 Å². The lowest BCUT2D eigenvalue weighted by molar-refractivity contribution is -0.137. The van der Waals surface area contributed by atoms with E-state index in [9.17, 15) is 4.79 Å². The summed E-state index contributed by atoms with van der Waals surface area (Å²) >= 11 is 0.